The molecule has 0 spiro atoms. The molecule has 86 valence electrons. The van der Waals surface area contributed by atoms with Crippen molar-refractivity contribution < 1.29 is 4.42 Å². The number of nitrogens with one attached hydrogen (secondary N) is 1. The van der Waals surface area contributed by atoms with Crippen molar-refractivity contribution >= 4 is 11.5 Å². The molecule has 2 aromatic heterocycles. The first kappa shape index (κ1) is 10.6. The van der Waals surface area contributed by atoms with E-state index in [2.05, 4.69) is 10.4 Å². The Kier molecular flexibility index (Phi) is 2.85. The third-order valence-corrected chi connectivity index (χ3v) is 2.54. The number of rotatable bonds is 4. The predicted octanol–water partition coefficient (Wildman–Crippen LogP) is 1.77. The smallest absolute Gasteiger partial charge is 0.148 e. The fourth-order valence-corrected chi connectivity index (χ4v) is 1.65. The number of hydrogen-bond acceptors (Lipinski definition) is 4. The van der Waals surface area contributed by atoms with Crippen LogP contribution in [0.1, 0.15) is 18.2 Å². The summed E-state index contributed by atoms with van der Waals surface area (Å²) >= 11 is 0. The van der Waals surface area contributed by atoms with Gasteiger partial charge in [0, 0.05) is 19.2 Å². The van der Waals surface area contributed by atoms with Crippen LogP contribution in [0.4, 0.5) is 11.5 Å². The Bertz CT molecular complexity index is 459. The van der Waals surface area contributed by atoms with Gasteiger partial charge in [0.25, 0.3) is 0 Å². The van der Waals surface area contributed by atoms with Gasteiger partial charge in [0.05, 0.1) is 23.9 Å². The Balaban J connectivity index is 2.12. The first-order chi connectivity index (χ1) is 7.72. The number of aromatic nitrogens is 2. The molecule has 0 fully saturated rings. The lowest BCUT2D eigenvalue weighted by Crippen LogP contribution is -2.05. The highest BCUT2D eigenvalue weighted by Gasteiger charge is 2.11. The standard InChI is InChI=1S/C11H16N4O/c1-3-9-10(12)11(15(2)14-9)13-6-8-4-5-16-7-8/h4-5,7,13H,3,6,12H2,1-2H3. The lowest BCUT2D eigenvalue weighted by Gasteiger charge is -2.05. The molecule has 0 aliphatic carbocycles. The minimum atomic E-state index is 0.684. The van der Waals surface area contributed by atoms with Crippen LogP contribution in [-0.2, 0) is 20.0 Å². The molecule has 2 rings (SSSR count). The van der Waals surface area contributed by atoms with Gasteiger partial charge in [0.1, 0.15) is 5.82 Å². The molecular formula is C11H16N4O. The SMILES string of the molecule is CCc1nn(C)c(NCc2ccoc2)c1N. The van der Waals surface area contributed by atoms with Crippen LogP contribution in [0.5, 0.6) is 0 Å². The van der Waals surface area contributed by atoms with Crippen LogP contribution in [0.15, 0.2) is 23.0 Å². The molecule has 0 unspecified atom stereocenters. The summed E-state index contributed by atoms with van der Waals surface area (Å²) in [6.45, 7) is 2.72. The van der Waals surface area contributed by atoms with Gasteiger partial charge in [-0.1, -0.05) is 6.92 Å². The molecule has 0 aliphatic rings. The van der Waals surface area contributed by atoms with Crippen LogP contribution in [-0.4, -0.2) is 9.78 Å². The summed E-state index contributed by atoms with van der Waals surface area (Å²) in [5.74, 6) is 0.859. The van der Waals surface area contributed by atoms with Gasteiger partial charge in [-0.25, -0.2) is 0 Å². The molecule has 16 heavy (non-hydrogen) atoms. The molecule has 3 N–H and O–H groups in total. The van der Waals surface area contributed by atoms with Gasteiger partial charge >= 0.3 is 0 Å². The van der Waals surface area contributed by atoms with E-state index in [-0.39, 0.29) is 0 Å². The second-order valence-electron chi connectivity index (χ2n) is 3.67. The van der Waals surface area contributed by atoms with Gasteiger partial charge < -0.3 is 15.5 Å². The zero-order chi connectivity index (χ0) is 11.5. The Morgan fingerprint density at radius 2 is 2.38 bits per heavy atom. The summed E-state index contributed by atoms with van der Waals surface area (Å²) in [5, 5.41) is 7.59. The Morgan fingerprint density at radius 3 is 2.94 bits per heavy atom. The summed E-state index contributed by atoms with van der Waals surface area (Å²) in [6, 6.07) is 1.92. The number of furan rings is 1. The van der Waals surface area contributed by atoms with E-state index in [9.17, 15) is 0 Å². The molecule has 5 nitrogen and oxygen atoms in total. The van der Waals surface area contributed by atoms with E-state index < -0.39 is 0 Å². The number of nitrogens with two attached hydrogens (primary N) is 1. The molecule has 0 aliphatic heterocycles. The van der Waals surface area contributed by atoms with E-state index >= 15 is 0 Å². The van der Waals surface area contributed by atoms with E-state index in [1.54, 1.807) is 17.2 Å². The van der Waals surface area contributed by atoms with Crippen molar-refractivity contribution in [1.29, 1.82) is 0 Å². The lowest BCUT2D eigenvalue weighted by atomic mass is 10.3. The highest BCUT2D eigenvalue weighted by Crippen LogP contribution is 2.22. The minimum Gasteiger partial charge on any atom is -0.472 e. The molecule has 0 aromatic carbocycles. The molecular weight excluding hydrogens is 204 g/mol. The summed E-state index contributed by atoms with van der Waals surface area (Å²) in [7, 11) is 1.88. The van der Waals surface area contributed by atoms with Crippen molar-refractivity contribution in [2.75, 3.05) is 11.1 Å². The maximum atomic E-state index is 5.98. The first-order valence-corrected chi connectivity index (χ1v) is 5.28. The predicted molar refractivity (Wildman–Crippen MR) is 63.0 cm³/mol. The van der Waals surface area contributed by atoms with E-state index in [0.717, 1.165) is 29.2 Å². The Hall–Kier alpha value is -1.91. The van der Waals surface area contributed by atoms with Crippen molar-refractivity contribution in [2.45, 2.75) is 19.9 Å². The Morgan fingerprint density at radius 1 is 1.56 bits per heavy atom. The molecule has 2 heterocycles. The summed E-state index contributed by atoms with van der Waals surface area (Å²) in [5.41, 5.74) is 8.72. The van der Waals surface area contributed by atoms with E-state index in [1.165, 1.54) is 0 Å². The average Bonchev–Trinajstić information content (AvgIpc) is 2.86. The normalized spacial score (nSPS) is 10.6. The van der Waals surface area contributed by atoms with Crippen molar-refractivity contribution in [2.24, 2.45) is 7.05 Å². The number of nitrogen functional groups attached to an aromatic ring is 1. The van der Waals surface area contributed by atoms with Crippen LogP contribution >= 0.6 is 0 Å². The van der Waals surface area contributed by atoms with E-state index in [1.807, 2.05) is 20.0 Å². The maximum absolute atomic E-state index is 5.98. The second-order valence-corrected chi connectivity index (χ2v) is 3.67. The minimum absolute atomic E-state index is 0.684. The first-order valence-electron chi connectivity index (χ1n) is 5.28. The van der Waals surface area contributed by atoms with Crippen molar-refractivity contribution in [3.05, 3.63) is 29.9 Å². The highest BCUT2D eigenvalue weighted by atomic mass is 16.3. The highest BCUT2D eigenvalue weighted by molar-refractivity contribution is 5.65. The fourth-order valence-electron chi connectivity index (χ4n) is 1.65. The molecule has 2 aromatic rings. The lowest BCUT2D eigenvalue weighted by molar-refractivity contribution is 0.564. The zero-order valence-corrected chi connectivity index (χ0v) is 9.53. The van der Waals surface area contributed by atoms with Gasteiger partial charge in [-0.05, 0) is 12.5 Å². The quantitative estimate of drug-likeness (QED) is 0.824. The van der Waals surface area contributed by atoms with E-state index in [4.69, 9.17) is 10.2 Å². The van der Waals surface area contributed by atoms with Crippen LogP contribution in [0.2, 0.25) is 0 Å². The van der Waals surface area contributed by atoms with Crippen molar-refractivity contribution in [1.82, 2.24) is 9.78 Å². The van der Waals surface area contributed by atoms with Crippen molar-refractivity contribution in [3.63, 3.8) is 0 Å². The monoisotopic (exact) mass is 220 g/mol. The summed E-state index contributed by atoms with van der Waals surface area (Å²) in [4.78, 5) is 0. The topological polar surface area (TPSA) is 69.0 Å². The van der Waals surface area contributed by atoms with Gasteiger partial charge in [0.15, 0.2) is 0 Å². The Labute approximate surface area is 94.2 Å². The number of nitrogens with zero attached hydrogens (tertiary/aromatic N) is 2. The number of hydrogen-bond donors (Lipinski definition) is 2. The van der Waals surface area contributed by atoms with Gasteiger partial charge in [0.2, 0.25) is 0 Å². The molecule has 5 heteroatoms. The van der Waals surface area contributed by atoms with Crippen LogP contribution in [0.25, 0.3) is 0 Å². The van der Waals surface area contributed by atoms with Gasteiger partial charge in [-0.15, -0.1) is 0 Å². The summed E-state index contributed by atoms with van der Waals surface area (Å²) in [6.07, 6.45) is 4.20. The third-order valence-electron chi connectivity index (χ3n) is 2.54. The van der Waals surface area contributed by atoms with E-state index in [0.29, 0.717) is 6.54 Å². The van der Waals surface area contributed by atoms with Crippen LogP contribution < -0.4 is 11.1 Å². The van der Waals surface area contributed by atoms with Crippen LogP contribution in [0.3, 0.4) is 0 Å². The fraction of sp³-hybridized carbons (Fsp3) is 0.364. The number of aryl methyl sites for hydroxylation is 2. The summed E-state index contributed by atoms with van der Waals surface area (Å²) < 4.78 is 6.77. The molecule has 0 bridgehead atoms. The van der Waals surface area contributed by atoms with Gasteiger partial charge in [-0.3, -0.25) is 4.68 Å². The molecule has 0 amide bonds. The molecule has 0 radical (unpaired) electrons. The zero-order valence-electron chi connectivity index (χ0n) is 9.53. The average molecular weight is 220 g/mol. The third kappa shape index (κ3) is 1.88. The second kappa shape index (κ2) is 4.30. The number of anilines is 2. The molecule has 0 saturated carbocycles. The maximum Gasteiger partial charge on any atom is 0.148 e. The molecule has 0 saturated heterocycles. The molecule has 0 atom stereocenters. The van der Waals surface area contributed by atoms with Crippen molar-refractivity contribution in [3.8, 4) is 0 Å². The largest absolute Gasteiger partial charge is 0.472 e. The van der Waals surface area contributed by atoms with Crippen LogP contribution in [0, 0.1) is 0 Å². The van der Waals surface area contributed by atoms with Gasteiger partial charge in [-0.2, -0.15) is 5.10 Å².